The van der Waals surface area contributed by atoms with Crippen molar-refractivity contribution < 1.29 is 9.59 Å². The van der Waals surface area contributed by atoms with E-state index in [0.717, 1.165) is 5.39 Å². The highest BCUT2D eigenvalue weighted by molar-refractivity contribution is 6.37. The molecule has 0 saturated heterocycles. The van der Waals surface area contributed by atoms with Crippen LogP contribution in [0.3, 0.4) is 0 Å². The fourth-order valence-electron chi connectivity index (χ4n) is 3.22. The van der Waals surface area contributed by atoms with Gasteiger partial charge in [-0.2, -0.15) is 0 Å². The molecule has 29 heavy (non-hydrogen) atoms. The molecule has 0 atom stereocenters. The molecular weight excluding hydrogens is 388 g/mol. The summed E-state index contributed by atoms with van der Waals surface area (Å²) in [6, 6.07) is 12.6. The first kappa shape index (κ1) is 20.6. The molecule has 0 radical (unpaired) electrons. The van der Waals surface area contributed by atoms with E-state index in [9.17, 15) is 9.59 Å². The maximum absolute atomic E-state index is 13.0. The Morgan fingerprint density at radius 3 is 2.52 bits per heavy atom. The van der Waals surface area contributed by atoms with E-state index in [1.54, 1.807) is 42.4 Å². The van der Waals surface area contributed by atoms with Crippen molar-refractivity contribution in [2.45, 2.75) is 13.8 Å². The summed E-state index contributed by atoms with van der Waals surface area (Å²) in [4.78, 5) is 31.1. The standard InChI is InChI=1S/C22H23ClN4O2/c1-4-27(5-2)22(29)17-13-25-20(16-10-7-11-18(23)19(16)17)26-15-9-6-8-14(12-15)21(28)24-3/h6-13H,4-5H2,1-3H3,(H,24,28)(H,25,26). The average molecular weight is 411 g/mol. The lowest BCUT2D eigenvalue weighted by molar-refractivity contribution is 0.0774. The van der Waals surface area contributed by atoms with Crippen molar-refractivity contribution in [1.82, 2.24) is 15.2 Å². The number of carbonyl (C=O) groups excluding carboxylic acids is 2. The predicted molar refractivity (Wildman–Crippen MR) is 117 cm³/mol. The maximum Gasteiger partial charge on any atom is 0.256 e. The molecular formula is C22H23ClN4O2. The highest BCUT2D eigenvalue weighted by Crippen LogP contribution is 2.33. The fraction of sp³-hybridized carbons (Fsp3) is 0.227. The van der Waals surface area contributed by atoms with E-state index in [2.05, 4.69) is 15.6 Å². The third kappa shape index (κ3) is 4.17. The van der Waals surface area contributed by atoms with Gasteiger partial charge in [0.2, 0.25) is 0 Å². The van der Waals surface area contributed by atoms with Gasteiger partial charge in [0.25, 0.3) is 11.8 Å². The molecule has 2 N–H and O–H groups in total. The van der Waals surface area contributed by atoms with Crippen LogP contribution in [0.5, 0.6) is 0 Å². The summed E-state index contributed by atoms with van der Waals surface area (Å²) >= 11 is 6.48. The largest absolute Gasteiger partial charge is 0.355 e. The number of rotatable bonds is 6. The zero-order chi connectivity index (χ0) is 21.0. The van der Waals surface area contributed by atoms with Gasteiger partial charge in [0, 0.05) is 53.4 Å². The first-order valence-electron chi connectivity index (χ1n) is 9.45. The van der Waals surface area contributed by atoms with Gasteiger partial charge in [-0.15, -0.1) is 0 Å². The van der Waals surface area contributed by atoms with Gasteiger partial charge in [-0.25, -0.2) is 4.98 Å². The minimum Gasteiger partial charge on any atom is -0.355 e. The van der Waals surface area contributed by atoms with Gasteiger partial charge in [-0.3, -0.25) is 9.59 Å². The van der Waals surface area contributed by atoms with Crippen LogP contribution >= 0.6 is 11.6 Å². The summed E-state index contributed by atoms with van der Waals surface area (Å²) in [7, 11) is 1.59. The monoisotopic (exact) mass is 410 g/mol. The van der Waals surface area contributed by atoms with E-state index in [1.165, 1.54) is 0 Å². The van der Waals surface area contributed by atoms with Gasteiger partial charge in [0.1, 0.15) is 5.82 Å². The molecule has 1 heterocycles. The average Bonchev–Trinajstić information content (AvgIpc) is 2.74. The second-order valence-electron chi connectivity index (χ2n) is 6.45. The first-order chi connectivity index (χ1) is 14.0. The third-order valence-electron chi connectivity index (χ3n) is 4.76. The highest BCUT2D eigenvalue weighted by atomic mass is 35.5. The van der Waals surface area contributed by atoms with E-state index >= 15 is 0 Å². The number of halogens is 1. The molecule has 0 aliphatic carbocycles. The van der Waals surface area contributed by atoms with E-state index in [4.69, 9.17) is 11.6 Å². The van der Waals surface area contributed by atoms with E-state index in [1.807, 2.05) is 32.0 Å². The lowest BCUT2D eigenvalue weighted by Crippen LogP contribution is -2.30. The van der Waals surface area contributed by atoms with E-state index in [-0.39, 0.29) is 11.8 Å². The number of nitrogens with one attached hydrogen (secondary N) is 2. The molecule has 0 bridgehead atoms. The van der Waals surface area contributed by atoms with Crippen LogP contribution in [0.2, 0.25) is 5.02 Å². The van der Waals surface area contributed by atoms with Crippen molar-refractivity contribution >= 4 is 45.7 Å². The molecule has 3 aromatic rings. The highest BCUT2D eigenvalue weighted by Gasteiger charge is 2.20. The SMILES string of the molecule is CCN(CC)C(=O)c1cnc(Nc2cccc(C(=O)NC)c2)c2cccc(Cl)c12. The molecule has 6 nitrogen and oxygen atoms in total. The number of aromatic nitrogens is 1. The van der Waals surface area contributed by atoms with Crippen molar-refractivity contribution in [3.05, 3.63) is 64.8 Å². The molecule has 0 spiro atoms. The zero-order valence-electron chi connectivity index (χ0n) is 16.6. The van der Waals surface area contributed by atoms with Gasteiger partial charge in [-0.05, 0) is 38.1 Å². The minimum absolute atomic E-state index is 0.103. The Morgan fingerprint density at radius 1 is 1.10 bits per heavy atom. The fourth-order valence-corrected chi connectivity index (χ4v) is 3.50. The van der Waals surface area contributed by atoms with Gasteiger partial charge in [-0.1, -0.05) is 29.8 Å². The van der Waals surface area contributed by atoms with Crippen LogP contribution in [-0.2, 0) is 0 Å². The minimum atomic E-state index is -0.172. The Labute approximate surface area is 174 Å². The molecule has 0 aliphatic heterocycles. The number of fused-ring (bicyclic) bond motifs is 1. The molecule has 2 amide bonds. The molecule has 3 rings (SSSR count). The van der Waals surface area contributed by atoms with Gasteiger partial charge < -0.3 is 15.5 Å². The quantitative estimate of drug-likeness (QED) is 0.628. The van der Waals surface area contributed by atoms with Crippen LogP contribution in [0.15, 0.2) is 48.7 Å². The van der Waals surface area contributed by atoms with Crippen LogP contribution in [0.4, 0.5) is 11.5 Å². The number of hydrogen-bond acceptors (Lipinski definition) is 4. The second-order valence-corrected chi connectivity index (χ2v) is 6.85. The number of nitrogens with zero attached hydrogens (tertiary/aromatic N) is 2. The topological polar surface area (TPSA) is 74.3 Å². The number of hydrogen-bond donors (Lipinski definition) is 2. The van der Waals surface area contributed by atoms with Crippen LogP contribution in [0.25, 0.3) is 10.8 Å². The normalized spacial score (nSPS) is 10.6. The molecule has 150 valence electrons. The van der Waals surface area contributed by atoms with Crippen LogP contribution in [0.1, 0.15) is 34.6 Å². The second kappa shape index (κ2) is 8.92. The lowest BCUT2D eigenvalue weighted by Gasteiger charge is -2.20. The molecule has 0 fully saturated rings. The van der Waals surface area contributed by atoms with Crippen LogP contribution in [-0.4, -0.2) is 41.8 Å². The number of benzene rings is 2. The third-order valence-corrected chi connectivity index (χ3v) is 5.07. The zero-order valence-corrected chi connectivity index (χ0v) is 17.4. The number of amides is 2. The molecule has 2 aromatic carbocycles. The summed E-state index contributed by atoms with van der Waals surface area (Å²) in [5.41, 5.74) is 1.72. The van der Waals surface area contributed by atoms with Gasteiger partial charge in [0.15, 0.2) is 0 Å². The molecule has 0 aliphatic rings. The van der Waals surface area contributed by atoms with Gasteiger partial charge >= 0.3 is 0 Å². The molecule has 0 unspecified atom stereocenters. The van der Waals surface area contributed by atoms with Gasteiger partial charge in [0.05, 0.1) is 5.56 Å². The molecule has 7 heteroatoms. The van der Waals surface area contributed by atoms with Crippen molar-refractivity contribution in [2.24, 2.45) is 0 Å². The Hall–Kier alpha value is -3.12. The number of anilines is 2. The summed E-state index contributed by atoms with van der Waals surface area (Å²) < 4.78 is 0. The Bertz CT molecular complexity index is 1060. The number of pyridine rings is 1. The first-order valence-corrected chi connectivity index (χ1v) is 9.83. The Kier molecular flexibility index (Phi) is 6.34. The lowest BCUT2D eigenvalue weighted by atomic mass is 10.1. The van der Waals surface area contributed by atoms with Crippen molar-refractivity contribution in [3.63, 3.8) is 0 Å². The Balaban J connectivity index is 2.08. The maximum atomic E-state index is 13.0. The Morgan fingerprint density at radius 2 is 1.83 bits per heavy atom. The summed E-state index contributed by atoms with van der Waals surface area (Å²) in [6.45, 7) is 5.09. The summed E-state index contributed by atoms with van der Waals surface area (Å²) in [5, 5.41) is 7.73. The van der Waals surface area contributed by atoms with E-state index < -0.39 is 0 Å². The van der Waals surface area contributed by atoms with E-state index in [0.29, 0.717) is 46.1 Å². The molecule has 0 saturated carbocycles. The summed E-state index contributed by atoms with van der Waals surface area (Å²) in [5.74, 6) is 0.288. The van der Waals surface area contributed by atoms with Crippen LogP contribution in [0, 0.1) is 0 Å². The smallest absolute Gasteiger partial charge is 0.256 e. The predicted octanol–water partition coefficient (Wildman–Crippen LogP) is 4.47. The van der Waals surface area contributed by atoms with Crippen molar-refractivity contribution in [1.29, 1.82) is 0 Å². The van der Waals surface area contributed by atoms with Crippen LogP contribution < -0.4 is 10.6 Å². The summed E-state index contributed by atoms with van der Waals surface area (Å²) in [6.07, 6.45) is 1.56. The molecule has 1 aromatic heterocycles. The van der Waals surface area contributed by atoms with Crippen molar-refractivity contribution in [2.75, 3.05) is 25.5 Å². The van der Waals surface area contributed by atoms with Crippen molar-refractivity contribution in [3.8, 4) is 0 Å². The number of carbonyl (C=O) groups is 2.